The van der Waals surface area contributed by atoms with E-state index < -0.39 is 0 Å². The molecule has 0 aliphatic carbocycles. The Balaban J connectivity index is 1.85. The zero-order chi connectivity index (χ0) is 15.8. The van der Waals surface area contributed by atoms with E-state index in [4.69, 9.17) is 0 Å². The Morgan fingerprint density at radius 3 is 3.00 bits per heavy atom. The number of para-hydroxylation sites is 1. The van der Waals surface area contributed by atoms with E-state index >= 15 is 0 Å². The fourth-order valence-corrected chi connectivity index (χ4v) is 5.50. The smallest absolute Gasteiger partial charge is 0.232 e. The molecule has 1 unspecified atom stereocenters. The van der Waals surface area contributed by atoms with Gasteiger partial charge in [0.05, 0.1) is 17.7 Å². The van der Waals surface area contributed by atoms with Crippen molar-refractivity contribution in [3.63, 3.8) is 0 Å². The topological polar surface area (TPSA) is 45.5 Å². The summed E-state index contributed by atoms with van der Waals surface area (Å²) in [5.74, 6) is 0.205. The fourth-order valence-electron chi connectivity index (χ4n) is 5.50. The maximum Gasteiger partial charge on any atom is 0.232 e. The van der Waals surface area contributed by atoms with E-state index in [0.717, 1.165) is 37.9 Å². The van der Waals surface area contributed by atoms with Crippen LogP contribution in [0.15, 0.2) is 24.3 Å². The van der Waals surface area contributed by atoms with E-state index in [0.29, 0.717) is 6.42 Å². The van der Waals surface area contributed by atoms with Crippen LogP contribution in [0.1, 0.15) is 48.3 Å². The van der Waals surface area contributed by atoms with Crippen molar-refractivity contribution in [1.82, 2.24) is 9.47 Å². The Morgan fingerprint density at radius 1 is 1.35 bits per heavy atom. The van der Waals surface area contributed by atoms with Crippen LogP contribution in [0.25, 0.3) is 10.9 Å². The zero-order valence-corrected chi connectivity index (χ0v) is 13.5. The molecule has 0 bridgehead atoms. The standard InChI is InChI=1S/C19H22N2O2/c1-2-19-9-12(22)11-20-8-7-14-13-5-3-4-6-15(13)21(16(23)10-19)17(14)18(19)20/h3-6,12,18,22H,2,7-11H2,1H3/t12?,18-,19+/m1/s1. The van der Waals surface area contributed by atoms with E-state index in [1.807, 2.05) is 10.6 Å². The first-order chi connectivity index (χ1) is 11.1. The summed E-state index contributed by atoms with van der Waals surface area (Å²) < 4.78 is 1.99. The quantitative estimate of drug-likeness (QED) is 0.881. The van der Waals surface area contributed by atoms with Crippen LogP contribution in [-0.4, -0.2) is 39.7 Å². The number of rotatable bonds is 1. The van der Waals surface area contributed by atoms with E-state index in [2.05, 4.69) is 30.0 Å². The van der Waals surface area contributed by atoms with Crippen LogP contribution in [0.2, 0.25) is 0 Å². The summed E-state index contributed by atoms with van der Waals surface area (Å²) in [5.41, 5.74) is 3.56. The van der Waals surface area contributed by atoms with Crippen LogP contribution in [0, 0.1) is 5.41 Å². The van der Waals surface area contributed by atoms with Gasteiger partial charge in [0.15, 0.2) is 0 Å². The monoisotopic (exact) mass is 310 g/mol. The minimum absolute atomic E-state index is 0.103. The van der Waals surface area contributed by atoms with Gasteiger partial charge in [-0.05, 0) is 30.9 Å². The van der Waals surface area contributed by atoms with Gasteiger partial charge in [0.1, 0.15) is 0 Å². The number of carbonyl (C=O) groups is 1. The van der Waals surface area contributed by atoms with Crippen LogP contribution in [0.3, 0.4) is 0 Å². The van der Waals surface area contributed by atoms with Gasteiger partial charge in [0.25, 0.3) is 0 Å². The number of piperidine rings is 1. The molecule has 1 N–H and O–H groups in total. The Kier molecular flexibility index (Phi) is 2.67. The molecule has 0 saturated carbocycles. The number of nitrogens with zero attached hydrogens (tertiary/aromatic N) is 2. The lowest BCUT2D eigenvalue weighted by Crippen LogP contribution is -2.57. The van der Waals surface area contributed by atoms with E-state index in [-0.39, 0.29) is 23.5 Å². The second-order valence-corrected chi connectivity index (χ2v) is 7.51. The highest BCUT2D eigenvalue weighted by atomic mass is 16.3. The highest BCUT2D eigenvalue weighted by Crippen LogP contribution is 2.56. The van der Waals surface area contributed by atoms with Crippen molar-refractivity contribution in [2.75, 3.05) is 13.1 Å². The third-order valence-corrected chi connectivity index (χ3v) is 6.42. The van der Waals surface area contributed by atoms with Crippen LogP contribution in [0.5, 0.6) is 0 Å². The second-order valence-electron chi connectivity index (χ2n) is 7.51. The van der Waals surface area contributed by atoms with Crippen molar-refractivity contribution in [2.45, 2.75) is 44.8 Å². The Hall–Kier alpha value is -1.65. The van der Waals surface area contributed by atoms with Gasteiger partial charge >= 0.3 is 0 Å². The lowest BCUT2D eigenvalue weighted by Gasteiger charge is -2.55. The molecule has 5 rings (SSSR count). The number of aromatic nitrogens is 1. The molecule has 0 amide bonds. The number of aliphatic hydroxyl groups excluding tert-OH is 1. The molecule has 4 heteroatoms. The predicted octanol–water partition coefficient (Wildman–Crippen LogP) is 2.75. The minimum Gasteiger partial charge on any atom is -0.392 e. The molecule has 23 heavy (non-hydrogen) atoms. The van der Waals surface area contributed by atoms with Crippen molar-refractivity contribution in [3.8, 4) is 0 Å². The molecular weight excluding hydrogens is 288 g/mol. The molecule has 1 aromatic carbocycles. The van der Waals surface area contributed by atoms with Crippen molar-refractivity contribution in [2.24, 2.45) is 5.41 Å². The van der Waals surface area contributed by atoms with Crippen LogP contribution < -0.4 is 0 Å². The predicted molar refractivity (Wildman–Crippen MR) is 88.5 cm³/mol. The third-order valence-electron chi connectivity index (χ3n) is 6.42. The fraction of sp³-hybridized carbons (Fsp3) is 0.526. The number of fused-ring (bicyclic) bond motifs is 3. The Labute approximate surface area is 135 Å². The average Bonchev–Trinajstić information content (AvgIpc) is 2.88. The summed E-state index contributed by atoms with van der Waals surface area (Å²) in [7, 11) is 0. The normalized spacial score (nSPS) is 33.0. The number of carbonyl (C=O) groups excluding carboxylic acids is 1. The Morgan fingerprint density at radius 2 is 2.17 bits per heavy atom. The van der Waals surface area contributed by atoms with E-state index in [9.17, 15) is 9.90 Å². The van der Waals surface area contributed by atoms with Crippen molar-refractivity contribution in [1.29, 1.82) is 0 Å². The number of hydrogen-bond donors (Lipinski definition) is 1. The highest BCUT2D eigenvalue weighted by Gasteiger charge is 2.54. The summed E-state index contributed by atoms with van der Waals surface area (Å²) in [5, 5.41) is 11.6. The molecule has 0 radical (unpaired) electrons. The van der Waals surface area contributed by atoms with Crippen LogP contribution in [0.4, 0.5) is 0 Å². The maximum absolute atomic E-state index is 13.0. The van der Waals surface area contributed by atoms with Crippen LogP contribution >= 0.6 is 0 Å². The zero-order valence-electron chi connectivity index (χ0n) is 13.5. The summed E-state index contributed by atoms with van der Waals surface area (Å²) in [6.07, 6.45) is 2.90. The van der Waals surface area contributed by atoms with Gasteiger partial charge in [-0.3, -0.25) is 14.3 Å². The van der Waals surface area contributed by atoms with Crippen molar-refractivity contribution in [3.05, 3.63) is 35.5 Å². The first-order valence-corrected chi connectivity index (χ1v) is 8.72. The first-order valence-electron chi connectivity index (χ1n) is 8.72. The molecule has 1 fully saturated rings. The van der Waals surface area contributed by atoms with Crippen LogP contribution in [-0.2, 0) is 6.42 Å². The lowest BCUT2D eigenvalue weighted by atomic mass is 9.64. The largest absolute Gasteiger partial charge is 0.392 e. The molecule has 0 spiro atoms. The second kappa shape index (κ2) is 4.46. The van der Waals surface area contributed by atoms with Gasteiger partial charge in [-0.1, -0.05) is 25.1 Å². The first kappa shape index (κ1) is 13.8. The van der Waals surface area contributed by atoms with Crippen molar-refractivity contribution >= 4 is 16.8 Å². The summed E-state index contributed by atoms with van der Waals surface area (Å²) in [4.78, 5) is 15.5. The highest BCUT2D eigenvalue weighted by molar-refractivity contribution is 5.97. The molecule has 2 aromatic rings. The number of aliphatic hydroxyl groups is 1. The summed E-state index contributed by atoms with van der Waals surface area (Å²) in [6, 6.07) is 8.61. The third kappa shape index (κ3) is 1.60. The Bertz CT molecular complexity index is 824. The molecule has 4 nitrogen and oxygen atoms in total. The van der Waals surface area contributed by atoms with Gasteiger partial charge < -0.3 is 5.11 Å². The minimum atomic E-state index is -0.309. The van der Waals surface area contributed by atoms with E-state index in [1.165, 1.54) is 16.6 Å². The molecule has 120 valence electrons. The molecule has 3 aliphatic heterocycles. The van der Waals surface area contributed by atoms with Gasteiger partial charge in [0.2, 0.25) is 5.91 Å². The molecule has 1 saturated heterocycles. The molecule has 4 heterocycles. The van der Waals surface area contributed by atoms with Gasteiger partial charge in [-0.15, -0.1) is 0 Å². The van der Waals surface area contributed by atoms with Gasteiger partial charge in [-0.2, -0.15) is 0 Å². The van der Waals surface area contributed by atoms with Gasteiger partial charge in [-0.25, -0.2) is 0 Å². The SMILES string of the molecule is CC[C@@]12CC(=O)n3c4c(c5ccccc53)CCN(CC(O)C1)[C@H]42. The summed E-state index contributed by atoms with van der Waals surface area (Å²) >= 11 is 0. The summed E-state index contributed by atoms with van der Waals surface area (Å²) in [6.45, 7) is 3.90. The molecular formula is C19H22N2O2. The number of hydrogen-bond acceptors (Lipinski definition) is 3. The van der Waals surface area contributed by atoms with Crippen molar-refractivity contribution < 1.29 is 9.90 Å². The number of benzene rings is 1. The molecule has 3 aliphatic rings. The lowest BCUT2D eigenvalue weighted by molar-refractivity contribution is -0.0742. The van der Waals surface area contributed by atoms with Gasteiger partial charge in [0, 0.05) is 36.0 Å². The van der Waals surface area contributed by atoms with E-state index in [1.54, 1.807) is 0 Å². The molecule has 1 aromatic heterocycles. The average molecular weight is 310 g/mol. The maximum atomic E-state index is 13.0. The molecule has 3 atom stereocenters.